The van der Waals surface area contributed by atoms with Gasteiger partial charge >= 0.3 is 0 Å². The maximum Gasteiger partial charge on any atom is 0.136 e. The molecule has 0 atom stereocenters. The van der Waals surface area contributed by atoms with Gasteiger partial charge in [0.1, 0.15) is 22.3 Å². The third-order valence-electron chi connectivity index (χ3n) is 16.0. The minimum absolute atomic E-state index is 0.434. The van der Waals surface area contributed by atoms with Crippen molar-refractivity contribution in [3.63, 3.8) is 0 Å². The van der Waals surface area contributed by atoms with Crippen LogP contribution in [0.15, 0.2) is 347 Å². The molecule has 2 heterocycles. The summed E-state index contributed by atoms with van der Waals surface area (Å²) in [6.07, 6.45) is 0. The van der Waals surface area contributed by atoms with E-state index in [1.807, 2.05) is 0 Å². The zero-order valence-corrected chi connectivity index (χ0v) is 47.8. The molecule has 0 aliphatic heterocycles. The second kappa shape index (κ2) is 21.5. The van der Waals surface area contributed by atoms with E-state index in [1.165, 1.54) is 0 Å². The van der Waals surface area contributed by atoms with E-state index in [2.05, 4.69) is 0 Å². The third-order valence-corrected chi connectivity index (χ3v) is 16.0. The SMILES string of the molecule is [2H]c1c(-c2c3c([2H])c([2H])c([2H])c([2H])c3c(-c3c([2H])c([2H])c4c([2H])c([2H])c5c([2H])c([2H])c([2H])c([2H])c5c4c3[2H])c3c([2H])c([2H])c([2H])c([2H])c23)c([2H])c2c(oc3c([2H])c4c([2H])c([2H])c([2H])c([2H])c4c([2H])c32)c1[2H].[2H]c1c([2H])c(-c2c([2H])c([2H])c3c([2H])c([2H])c4c([2H])c([2H])c([2H])c([2H])c4c3c2[2H])c([2H])c(-c2c3c([2H])c([2H])c([2H])c([2H])c3c(-c3c([2H])c([2H])c4oc5c([2H])c6c([2H])c([2H])c([2H])c([2H])c6c([2H])c5c4c3[2H])c3c([2H])c([2H])c([2H])c([2H])c23)c1[2H]. The number of benzene rings is 19. The molecular weight excluding hydrogens is 1160 g/mol. The Labute approximate surface area is 631 Å². The summed E-state index contributed by atoms with van der Waals surface area (Å²) in [7, 11) is 0. The van der Waals surface area contributed by atoms with Gasteiger partial charge in [0.05, 0.1) is 76.8 Å². The highest BCUT2D eigenvalue weighted by Gasteiger charge is 2.22. The summed E-state index contributed by atoms with van der Waals surface area (Å²) in [5.74, 6) is 0. The normalized spacial score (nSPS) is 20.1. The molecule has 96 heavy (non-hydrogen) atoms. The van der Waals surface area contributed by atoms with E-state index < -0.39 is 546 Å². The highest BCUT2D eigenvalue weighted by atomic mass is 16.3. The summed E-state index contributed by atoms with van der Waals surface area (Å²) in [4.78, 5) is 0. The van der Waals surface area contributed by atoms with Crippen molar-refractivity contribution in [3.05, 3.63) is 338 Å². The summed E-state index contributed by atoms with van der Waals surface area (Å²) < 4.78 is 519. The van der Waals surface area contributed by atoms with E-state index in [-0.39, 0.29) is 0 Å². The zero-order valence-electron chi connectivity index (χ0n) is 104. The van der Waals surface area contributed by atoms with Crippen LogP contribution in [0.3, 0.4) is 0 Å². The second-order valence-corrected chi connectivity index (χ2v) is 21.3. The lowest BCUT2D eigenvalue weighted by Gasteiger charge is -2.18. The van der Waals surface area contributed by atoms with Crippen molar-refractivity contribution in [1.29, 1.82) is 0 Å². The van der Waals surface area contributed by atoms with Gasteiger partial charge in [0, 0.05) is 21.5 Å². The predicted octanol–water partition coefficient (Wildman–Crippen LogP) is 27.0. The topological polar surface area (TPSA) is 26.3 Å². The number of furan rings is 2. The fourth-order valence-electron chi connectivity index (χ4n) is 11.9. The number of fused-ring (bicyclic) bond motifs is 18. The van der Waals surface area contributed by atoms with Crippen molar-refractivity contribution >= 4 is 152 Å². The molecule has 2 heteroatoms. The summed E-state index contributed by atoms with van der Waals surface area (Å²) in [5, 5.41) is -14.4. The molecule has 0 amide bonds. The van der Waals surface area contributed by atoms with E-state index in [1.54, 1.807) is 0 Å². The Kier molecular flexibility index (Phi) is 5.05. The van der Waals surface area contributed by atoms with Crippen LogP contribution >= 0.6 is 0 Å². The van der Waals surface area contributed by atoms with Crippen LogP contribution < -0.4 is 0 Å². The maximum atomic E-state index is 9.95. The molecule has 0 aliphatic carbocycles. The maximum absolute atomic E-state index is 9.95. The first kappa shape index (κ1) is 22.6. The van der Waals surface area contributed by atoms with Crippen LogP contribution in [0.2, 0.25) is 0 Å². The van der Waals surface area contributed by atoms with Gasteiger partial charge in [-0.3, -0.25) is 0 Å². The molecule has 2 nitrogen and oxygen atoms in total. The van der Waals surface area contributed by atoms with Gasteiger partial charge in [0.15, 0.2) is 0 Å². The van der Waals surface area contributed by atoms with Crippen LogP contribution in [0.1, 0.15) is 76.8 Å². The molecule has 0 aliphatic rings. The molecule has 2 aromatic heterocycles. The average Bonchev–Trinajstić information content (AvgIpc) is 1.01. The van der Waals surface area contributed by atoms with Crippen molar-refractivity contribution in [1.82, 2.24) is 0 Å². The Morgan fingerprint density at radius 2 is 0.396 bits per heavy atom. The van der Waals surface area contributed by atoms with Gasteiger partial charge in [0.25, 0.3) is 0 Å². The van der Waals surface area contributed by atoms with Crippen LogP contribution in [-0.4, -0.2) is 0 Å². The Morgan fingerprint density at radius 1 is 0.146 bits per heavy atom. The lowest BCUT2D eigenvalue weighted by Crippen LogP contribution is -1.91. The minimum Gasteiger partial charge on any atom is -0.456 e. The van der Waals surface area contributed by atoms with Gasteiger partial charge in [-0.25, -0.2) is 0 Å². The molecular formula is C94H56O2. The van der Waals surface area contributed by atoms with E-state index >= 15 is 0 Å². The van der Waals surface area contributed by atoms with Crippen molar-refractivity contribution in [3.8, 4) is 55.6 Å². The lowest BCUT2D eigenvalue weighted by molar-refractivity contribution is 0.669. The minimum atomic E-state index is -1.13. The molecule has 0 fully saturated rings. The molecule has 0 radical (unpaired) electrons. The highest BCUT2D eigenvalue weighted by molar-refractivity contribution is 6.25. The van der Waals surface area contributed by atoms with Gasteiger partial charge in [-0.05, 0) is 230 Å². The molecule has 0 spiro atoms. The first-order valence-corrected chi connectivity index (χ1v) is 28.6. The predicted molar refractivity (Wildman–Crippen MR) is 410 cm³/mol. The Balaban J connectivity index is 0.000000185. The number of hydrogen-bond donors (Lipinski definition) is 0. The first-order chi connectivity index (χ1) is 71.0. The van der Waals surface area contributed by atoms with Crippen LogP contribution in [0.4, 0.5) is 0 Å². The first-order valence-electron chi connectivity index (χ1n) is 56.6. The van der Waals surface area contributed by atoms with Gasteiger partial charge < -0.3 is 8.83 Å². The van der Waals surface area contributed by atoms with E-state index in [4.69, 9.17) is 51.3 Å². The molecule has 0 saturated carbocycles. The van der Waals surface area contributed by atoms with Crippen LogP contribution in [0.5, 0.6) is 0 Å². The van der Waals surface area contributed by atoms with Crippen molar-refractivity contribution in [2.45, 2.75) is 0 Å². The fraction of sp³-hybridized carbons (Fsp3) is 0. The van der Waals surface area contributed by atoms with Crippen LogP contribution in [0, 0.1) is 0 Å². The van der Waals surface area contributed by atoms with Gasteiger partial charge in [0.2, 0.25) is 0 Å². The molecule has 19 aromatic carbocycles. The van der Waals surface area contributed by atoms with E-state index in [9.17, 15) is 34.3 Å². The summed E-state index contributed by atoms with van der Waals surface area (Å²) in [6, 6.07) is -50.3. The molecule has 0 unspecified atom stereocenters. The van der Waals surface area contributed by atoms with Gasteiger partial charge in [-0.1, -0.05) is 272 Å². The van der Waals surface area contributed by atoms with Gasteiger partial charge in [-0.2, -0.15) is 0 Å². The van der Waals surface area contributed by atoms with E-state index in [0.29, 0.717) is 0 Å². The summed E-state index contributed by atoms with van der Waals surface area (Å²) in [6.45, 7) is 0. The zero-order chi connectivity index (χ0) is 112. The average molecular weight is 1270 g/mol. The Bertz CT molecular complexity index is 10200. The molecule has 21 rings (SSSR count). The fourth-order valence-corrected chi connectivity index (χ4v) is 11.9. The highest BCUT2D eigenvalue weighted by Crippen LogP contribution is 2.49. The Hall–Kier alpha value is -12.6. The lowest BCUT2D eigenvalue weighted by atomic mass is 9.85. The third kappa shape index (κ3) is 8.59. The Morgan fingerprint density at radius 3 is 0.792 bits per heavy atom. The smallest absolute Gasteiger partial charge is 0.136 e. The van der Waals surface area contributed by atoms with Crippen molar-refractivity contribution in [2.75, 3.05) is 0 Å². The summed E-state index contributed by atoms with van der Waals surface area (Å²) in [5.41, 5.74) is -10.3. The standard InChI is InChI=1S/C50H30O.C44H26O/c1-2-12-35-30-48-46(28-34(35)11-1)45-29-38(24-25-47(45)51-48)50-42-18-7-5-16-40(42)49(41-17-6-8-19-43(41)50)37-14-9-13-33(26-37)36-23-22-32-21-20-31-10-3-4-15-39(31)44(32)27-36;1-2-11-30-26-42-40(23-29(30)10-1)39-25-32(21-22-41(39)45-42)44-36-15-7-5-13-34(36)43(35-14-6-8-16-37(35)44)31-20-19-28-18-17-27-9-3-4-12-33(27)38(28)24-31/h1-30H;1-26H/i1D,2D,3D,4D,5D,6D,7D,8D,9D,10D,11D,12D,13D,14D,15D,16D,17D,18D,19D,20D,21D,22D,23D,24D,25D,26D,27D,28D,29D,30D;1D,2D,3D,4D,5D,6D,7D,8D,9D,10D,11D,12D,13D,14D,15D,16D,17D,18D,19D,20D,21D,22D,23D,24D,25D,26D. The van der Waals surface area contributed by atoms with Crippen LogP contribution in [0.25, 0.3) is 207 Å². The van der Waals surface area contributed by atoms with Crippen molar-refractivity contribution in [2.24, 2.45) is 0 Å². The largest absolute Gasteiger partial charge is 0.456 e. The molecule has 0 N–H and O–H groups in total. The quantitative estimate of drug-likeness (QED) is 0.127. The van der Waals surface area contributed by atoms with E-state index in [0.717, 1.165) is 0 Å². The molecule has 444 valence electrons. The second-order valence-electron chi connectivity index (χ2n) is 21.3. The summed E-state index contributed by atoms with van der Waals surface area (Å²) >= 11 is 0. The van der Waals surface area contributed by atoms with Crippen molar-refractivity contribution < 1.29 is 85.6 Å². The molecule has 0 bridgehead atoms. The molecule has 0 saturated heterocycles. The van der Waals surface area contributed by atoms with Gasteiger partial charge in [-0.15, -0.1) is 0 Å². The molecule has 21 aromatic rings. The van der Waals surface area contributed by atoms with Crippen LogP contribution in [-0.2, 0) is 0 Å². The number of rotatable bonds is 5. The number of hydrogen-bond acceptors (Lipinski definition) is 2. The monoisotopic (exact) mass is 1270 g/mol.